The van der Waals surface area contributed by atoms with Crippen molar-refractivity contribution < 1.29 is 4.74 Å². The maximum atomic E-state index is 5.32. The number of nitrogens with one attached hydrogen (secondary N) is 1. The molecule has 1 saturated heterocycles. The number of hydrogen-bond donors (Lipinski definition) is 1. The largest absolute Gasteiger partial charge is 0.381 e. The zero-order valence-corrected chi connectivity index (χ0v) is 11.3. The van der Waals surface area contributed by atoms with Crippen molar-refractivity contribution in [1.82, 2.24) is 4.98 Å². The highest BCUT2D eigenvalue weighted by Gasteiger charge is 2.15. The van der Waals surface area contributed by atoms with E-state index in [1.165, 1.54) is 0 Å². The van der Waals surface area contributed by atoms with E-state index in [1.54, 1.807) is 6.20 Å². The molecule has 1 aliphatic heterocycles. The van der Waals surface area contributed by atoms with Gasteiger partial charge in [0.05, 0.1) is 11.1 Å². The molecule has 1 aromatic heterocycles. The highest BCUT2D eigenvalue weighted by atomic mass is 79.9. The predicted molar refractivity (Wildman–Crippen MR) is 67.1 cm³/mol. The van der Waals surface area contributed by atoms with Gasteiger partial charge in [-0.2, -0.15) is 0 Å². The molecule has 2 rings (SSSR count). The summed E-state index contributed by atoms with van der Waals surface area (Å²) in [6, 6.07) is 1.99. The molecule has 0 aliphatic carbocycles. The number of hydrogen-bond acceptors (Lipinski definition) is 3. The van der Waals surface area contributed by atoms with Gasteiger partial charge in [0.15, 0.2) is 0 Å². The molecule has 15 heavy (non-hydrogen) atoms. The Morgan fingerprint density at radius 3 is 3.07 bits per heavy atom. The Hall–Kier alpha value is -0.130. The van der Waals surface area contributed by atoms with Crippen molar-refractivity contribution in [3.63, 3.8) is 0 Å². The van der Waals surface area contributed by atoms with E-state index < -0.39 is 0 Å². The first kappa shape index (κ1) is 11.4. The number of aromatic nitrogens is 1. The summed E-state index contributed by atoms with van der Waals surface area (Å²) in [5.41, 5.74) is 0. The van der Waals surface area contributed by atoms with Gasteiger partial charge in [0.25, 0.3) is 0 Å². The molecule has 0 saturated carbocycles. The SMILES string of the molecule is Brc1cnc(NCC2CCOC2)c(Br)c1. The fourth-order valence-electron chi connectivity index (χ4n) is 1.53. The third-order valence-corrected chi connectivity index (χ3v) is 3.43. The maximum absolute atomic E-state index is 5.32. The van der Waals surface area contributed by atoms with E-state index in [1.807, 2.05) is 6.07 Å². The molecule has 0 bridgehead atoms. The Morgan fingerprint density at radius 2 is 2.40 bits per heavy atom. The molecule has 5 heteroatoms. The molecule has 1 unspecified atom stereocenters. The van der Waals surface area contributed by atoms with Crippen LogP contribution in [-0.4, -0.2) is 24.7 Å². The van der Waals surface area contributed by atoms with Crippen LogP contribution in [0, 0.1) is 5.92 Å². The fourth-order valence-corrected chi connectivity index (χ4v) is 2.66. The summed E-state index contributed by atoms with van der Waals surface area (Å²) in [6.45, 7) is 2.68. The lowest BCUT2D eigenvalue weighted by molar-refractivity contribution is 0.187. The van der Waals surface area contributed by atoms with E-state index in [0.29, 0.717) is 5.92 Å². The first-order valence-electron chi connectivity index (χ1n) is 4.88. The lowest BCUT2D eigenvalue weighted by Gasteiger charge is -2.11. The van der Waals surface area contributed by atoms with Gasteiger partial charge in [0.1, 0.15) is 5.82 Å². The van der Waals surface area contributed by atoms with Gasteiger partial charge in [-0.3, -0.25) is 0 Å². The van der Waals surface area contributed by atoms with Crippen molar-refractivity contribution >= 4 is 37.7 Å². The Labute approximate surface area is 106 Å². The average Bonchev–Trinajstić information content (AvgIpc) is 2.69. The van der Waals surface area contributed by atoms with Crippen LogP contribution in [0.1, 0.15) is 6.42 Å². The Balaban J connectivity index is 1.92. The van der Waals surface area contributed by atoms with E-state index in [9.17, 15) is 0 Å². The van der Waals surface area contributed by atoms with E-state index >= 15 is 0 Å². The first-order chi connectivity index (χ1) is 7.25. The summed E-state index contributed by atoms with van der Waals surface area (Å²) < 4.78 is 7.27. The highest BCUT2D eigenvalue weighted by Crippen LogP contribution is 2.24. The topological polar surface area (TPSA) is 34.2 Å². The third-order valence-electron chi connectivity index (χ3n) is 2.39. The summed E-state index contributed by atoms with van der Waals surface area (Å²) in [5, 5.41) is 3.32. The van der Waals surface area contributed by atoms with Crippen molar-refractivity contribution in [3.05, 3.63) is 21.2 Å². The monoisotopic (exact) mass is 334 g/mol. The third kappa shape index (κ3) is 3.16. The molecule has 0 amide bonds. The van der Waals surface area contributed by atoms with Crippen LogP contribution in [0.25, 0.3) is 0 Å². The molecular weight excluding hydrogens is 324 g/mol. The number of pyridine rings is 1. The van der Waals surface area contributed by atoms with Crippen LogP contribution >= 0.6 is 31.9 Å². The molecule has 0 radical (unpaired) electrons. The summed E-state index contributed by atoms with van der Waals surface area (Å²) in [4.78, 5) is 4.29. The van der Waals surface area contributed by atoms with Gasteiger partial charge in [0, 0.05) is 29.7 Å². The Kier molecular flexibility index (Phi) is 3.99. The molecular formula is C10H12Br2N2O. The molecule has 2 heterocycles. The van der Waals surface area contributed by atoms with Crippen LogP contribution in [0.4, 0.5) is 5.82 Å². The van der Waals surface area contributed by atoms with Gasteiger partial charge < -0.3 is 10.1 Å². The van der Waals surface area contributed by atoms with Crippen LogP contribution in [0.5, 0.6) is 0 Å². The summed E-state index contributed by atoms with van der Waals surface area (Å²) >= 11 is 6.84. The molecule has 1 N–H and O–H groups in total. The molecule has 0 spiro atoms. The Morgan fingerprint density at radius 1 is 1.53 bits per heavy atom. The van der Waals surface area contributed by atoms with Crippen LogP contribution in [0.3, 0.4) is 0 Å². The smallest absolute Gasteiger partial charge is 0.140 e. The van der Waals surface area contributed by atoms with E-state index in [-0.39, 0.29) is 0 Å². The van der Waals surface area contributed by atoms with Crippen LogP contribution < -0.4 is 5.32 Å². The molecule has 0 aromatic carbocycles. The summed E-state index contributed by atoms with van der Waals surface area (Å²) in [5.74, 6) is 1.51. The first-order valence-corrected chi connectivity index (χ1v) is 6.47. The van der Waals surface area contributed by atoms with Crippen molar-refractivity contribution in [1.29, 1.82) is 0 Å². The summed E-state index contributed by atoms with van der Waals surface area (Å²) in [7, 11) is 0. The summed E-state index contributed by atoms with van der Waals surface area (Å²) in [6.07, 6.45) is 2.93. The highest BCUT2D eigenvalue weighted by molar-refractivity contribution is 9.11. The number of anilines is 1. The zero-order valence-electron chi connectivity index (χ0n) is 8.17. The standard InChI is InChI=1S/C10H12Br2N2O/c11-8-3-9(12)10(14-5-8)13-4-7-1-2-15-6-7/h3,5,7H,1-2,4,6H2,(H,13,14). The second kappa shape index (κ2) is 5.27. The van der Waals surface area contributed by atoms with Gasteiger partial charge in [-0.15, -0.1) is 0 Å². The number of halogens is 2. The van der Waals surface area contributed by atoms with Gasteiger partial charge in [-0.1, -0.05) is 0 Å². The maximum Gasteiger partial charge on any atom is 0.140 e. The van der Waals surface area contributed by atoms with Gasteiger partial charge in [-0.25, -0.2) is 4.98 Å². The zero-order chi connectivity index (χ0) is 10.7. The van der Waals surface area contributed by atoms with Crippen LogP contribution in [-0.2, 0) is 4.74 Å². The van der Waals surface area contributed by atoms with E-state index in [0.717, 1.165) is 40.9 Å². The minimum absolute atomic E-state index is 0.613. The van der Waals surface area contributed by atoms with Crippen molar-refractivity contribution in [2.75, 3.05) is 25.1 Å². The minimum Gasteiger partial charge on any atom is -0.381 e. The molecule has 1 aromatic rings. The number of ether oxygens (including phenoxy) is 1. The average molecular weight is 336 g/mol. The minimum atomic E-state index is 0.613. The second-order valence-corrected chi connectivity index (χ2v) is 5.36. The van der Waals surface area contributed by atoms with Gasteiger partial charge in [-0.05, 0) is 44.3 Å². The van der Waals surface area contributed by atoms with Crippen molar-refractivity contribution in [2.24, 2.45) is 5.92 Å². The molecule has 1 aliphatic rings. The number of nitrogens with zero attached hydrogens (tertiary/aromatic N) is 1. The van der Waals surface area contributed by atoms with Crippen molar-refractivity contribution in [2.45, 2.75) is 6.42 Å². The number of rotatable bonds is 3. The van der Waals surface area contributed by atoms with Crippen LogP contribution in [0.2, 0.25) is 0 Å². The molecule has 1 fully saturated rings. The molecule has 1 atom stereocenters. The van der Waals surface area contributed by atoms with Crippen LogP contribution in [0.15, 0.2) is 21.2 Å². The van der Waals surface area contributed by atoms with Gasteiger partial charge >= 0.3 is 0 Å². The quantitative estimate of drug-likeness (QED) is 0.921. The van der Waals surface area contributed by atoms with E-state index in [4.69, 9.17) is 4.74 Å². The second-order valence-electron chi connectivity index (χ2n) is 3.59. The lowest BCUT2D eigenvalue weighted by Crippen LogP contribution is -2.15. The predicted octanol–water partition coefficient (Wildman–Crippen LogP) is 3.06. The molecule has 82 valence electrons. The normalized spacial score (nSPS) is 20.5. The lowest BCUT2D eigenvalue weighted by atomic mass is 10.1. The van der Waals surface area contributed by atoms with Gasteiger partial charge in [0.2, 0.25) is 0 Å². The Bertz CT molecular complexity index is 340. The fraction of sp³-hybridized carbons (Fsp3) is 0.500. The van der Waals surface area contributed by atoms with Crippen molar-refractivity contribution in [3.8, 4) is 0 Å². The molecule has 3 nitrogen and oxygen atoms in total. The van der Waals surface area contributed by atoms with E-state index in [2.05, 4.69) is 42.2 Å².